The summed E-state index contributed by atoms with van der Waals surface area (Å²) < 4.78 is 5.23. The molecule has 2 atom stereocenters. The van der Waals surface area contributed by atoms with E-state index < -0.39 is 23.5 Å². The van der Waals surface area contributed by atoms with Gasteiger partial charge in [-0.25, -0.2) is 10.6 Å². The van der Waals surface area contributed by atoms with Crippen LogP contribution in [0.3, 0.4) is 0 Å². The SMILES string of the molecule is CCOC(=O)[C@](CCCl)(CCSC)N(N)C(=O)[C@@H](N)Cc1cccc(CCCl)c1.Cl. The second-order valence-electron chi connectivity index (χ2n) is 6.71. The van der Waals surface area contributed by atoms with Gasteiger partial charge in [0, 0.05) is 11.8 Å². The van der Waals surface area contributed by atoms with Gasteiger partial charge in [0.1, 0.15) is 0 Å². The molecule has 1 amide bonds. The molecule has 172 valence electrons. The lowest BCUT2D eigenvalue weighted by Crippen LogP contribution is -2.64. The minimum atomic E-state index is -1.34. The maximum Gasteiger partial charge on any atom is 0.333 e. The summed E-state index contributed by atoms with van der Waals surface area (Å²) in [5, 5.41) is 0.955. The Morgan fingerprint density at radius 2 is 1.90 bits per heavy atom. The summed E-state index contributed by atoms with van der Waals surface area (Å²) in [6, 6.07) is 6.86. The maximum atomic E-state index is 13.0. The zero-order chi connectivity index (χ0) is 21.9. The smallest absolute Gasteiger partial charge is 0.333 e. The molecule has 0 radical (unpaired) electrons. The van der Waals surface area contributed by atoms with Crippen molar-refractivity contribution in [1.29, 1.82) is 0 Å². The minimum Gasteiger partial charge on any atom is -0.464 e. The van der Waals surface area contributed by atoms with E-state index in [9.17, 15) is 9.59 Å². The average molecular weight is 501 g/mol. The van der Waals surface area contributed by atoms with E-state index in [4.69, 9.17) is 39.5 Å². The van der Waals surface area contributed by atoms with Crippen LogP contribution in [0.15, 0.2) is 24.3 Å². The Bertz CT molecular complexity index is 669. The van der Waals surface area contributed by atoms with Crippen molar-refractivity contribution in [2.75, 3.05) is 30.4 Å². The maximum absolute atomic E-state index is 13.0. The first-order chi connectivity index (χ1) is 13.9. The number of carbonyl (C=O) groups is 2. The van der Waals surface area contributed by atoms with Crippen molar-refractivity contribution < 1.29 is 14.3 Å². The van der Waals surface area contributed by atoms with Crippen LogP contribution in [-0.4, -0.2) is 58.8 Å². The van der Waals surface area contributed by atoms with Gasteiger partial charge in [-0.05, 0) is 55.7 Å². The van der Waals surface area contributed by atoms with Crippen LogP contribution < -0.4 is 11.6 Å². The van der Waals surface area contributed by atoms with E-state index in [1.165, 1.54) is 0 Å². The number of aryl methyl sites for hydroxylation is 1. The number of benzene rings is 1. The van der Waals surface area contributed by atoms with Gasteiger partial charge in [-0.2, -0.15) is 11.8 Å². The fourth-order valence-corrected chi connectivity index (χ4v) is 4.19. The van der Waals surface area contributed by atoms with Crippen LogP contribution in [0.5, 0.6) is 0 Å². The van der Waals surface area contributed by atoms with E-state index in [2.05, 4.69) is 0 Å². The van der Waals surface area contributed by atoms with Crippen LogP contribution >= 0.6 is 47.4 Å². The van der Waals surface area contributed by atoms with Gasteiger partial charge in [0.2, 0.25) is 0 Å². The van der Waals surface area contributed by atoms with Crippen molar-refractivity contribution in [3.63, 3.8) is 0 Å². The molecule has 0 unspecified atom stereocenters. The molecule has 0 saturated carbocycles. The Kier molecular flexibility index (Phi) is 14.8. The summed E-state index contributed by atoms with van der Waals surface area (Å²) in [6.45, 7) is 1.89. The number of alkyl halides is 2. The second-order valence-corrected chi connectivity index (χ2v) is 8.45. The highest BCUT2D eigenvalue weighted by molar-refractivity contribution is 7.98. The van der Waals surface area contributed by atoms with Crippen LogP contribution in [0.4, 0.5) is 0 Å². The number of hydrogen-bond acceptors (Lipinski definition) is 6. The van der Waals surface area contributed by atoms with Gasteiger partial charge in [0.05, 0.1) is 12.6 Å². The van der Waals surface area contributed by atoms with Gasteiger partial charge in [-0.1, -0.05) is 24.3 Å². The third-order valence-corrected chi connectivity index (χ3v) is 5.72. The number of hydrogen-bond donors (Lipinski definition) is 2. The first-order valence-corrected chi connectivity index (χ1v) is 12.0. The standard InChI is InChI=1S/C20H31Cl2N3O3S.ClH/c1-3-28-19(27)20(8-11-22,9-12-29-2)25(24)18(26)17(23)14-16-6-4-5-15(13-16)7-10-21;/h4-6,13,17H,3,7-12,14,23-24H2,1-2H3;1H/t17-,20-;/m0./s1. The molecular formula is C20H32Cl3N3O3S. The number of halogens is 3. The third-order valence-electron chi connectivity index (χ3n) is 4.73. The van der Waals surface area contributed by atoms with Crippen molar-refractivity contribution in [3.05, 3.63) is 35.4 Å². The summed E-state index contributed by atoms with van der Waals surface area (Å²) in [4.78, 5) is 25.8. The van der Waals surface area contributed by atoms with Gasteiger partial charge in [-0.3, -0.25) is 9.80 Å². The largest absolute Gasteiger partial charge is 0.464 e. The van der Waals surface area contributed by atoms with E-state index in [0.29, 0.717) is 24.5 Å². The first-order valence-electron chi connectivity index (χ1n) is 9.56. The topological polar surface area (TPSA) is 98.6 Å². The van der Waals surface area contributed by atoms with Crippen molar-refractivity contribution in [1.82, 2.24) is 5.01 Å². The highest BCUT2D eigenvalue weighted by atomic mass is 35.5. The molecular weight excluding hydrogens is 469 g/mol. The highest BCUT2D eigenvalue weighted by Crippen LogP contribution is 2.27. The molecule has 0 bridgehead atoms. The lowest BCUT2D eigenvalue weighted by molar-refractivity contribution is -0.165. The molecule has 1 rings (SSSR count). The number of amides is 1. The minimum absolute atomic E-state index is 0. The van der Waals surface area contributed by atoms with Gasteiger partial charge < -0.3 is 10.5 Å². The highest BCUT2D eigenvalue weighted by Gasteiger charge is 2.47. The van der Waals surface area contributed by atoms with E-state index in [1.807, 2.05) is 30.5 Å². The Hall–Kier alpha value is -0.700. The Balaban J connectivity index is 0.00000841. The van der Waals surface area contributed by atoms with Gasteiger partial charge in [0.15, 0.2) is 5.54 Å². The summed E-state index contributed by atoms with van der Waals surface area (Å²) >= 11 is 13.3. The van der Waals surface area contributed by atoms with Crippen LogP contribution in [0, 0.1) is 0 Å². The molecule has 0 heterocycles. The van der Waals surface area contributed by atoms with E-state index in [1.54, 1.807) is 18.7 Å². The van der Waals surface area contributed by atoms with Gasteiger partial charge in [0.25, 0.3) is 5.91 Å². The molecule has 6 nitrogen and oxygen atoms in total. The number of nitrogens with two attached hydrogens (primary N) is 2. The molecule has 4 N–H and O–H groups in total. The predicted octanol–water partition coefficient (Wildman–Crippen LogP) is 3.15. The molecule has 0 aliphatic heterocycles. The normalized spacial score (nSPS) is 13.7. The molecule has 30 heavy (non-hydrogen) atoms. The number of ether oxygens (including phenoxy) is 1. The monoisotopic (exact) mass is 499 g/mol. The van der Waals surface area contributed by atoms with Crippen LogP contribution in [0.2, 0.25) is 0 Å². The predicted molar refractivity (Wildman–Crippen MR) is 129 cm³/mol. The van der Waals surface area contributed by atoms with Gasteiger partial charge in [-0.15, -0.1) is 35.6 Å². The number of thioether (sulfide) groups is 1. The second kappa shape index (κ2) is 15.2. The molecule has 1 aromatic carbocycles. The molecule has 0 fully saturated rings. The number of hydrazine groups is 1. The number of nitrogens with zero attached hydrogens (tertiary/aromatic N) is 1. The number of rotatable bonds is 13. The fraction of sp³-hybridized carbons (Fsp3) is 0.600. The van der Waals surface area contributed by atoms with Crippen LogP contribution in [0.1, 0.15) is 30.9 Å². The summed E-state index contributed by atoms with van der Waals surface area (Å²) in [5.41, 5.74) is 6.83. The average Bonchev–Trinajstić information content (AvgIpc) is 2.70. The van der Waals surface area contributed by atoms with Gasteiger partial charge >= 0.3 is 5.97 Å². The molecule has 1 aromatic rings. The third kappa shape index (κ3) is 8.09. The van der Waals surface area contributed by atoms with E-state index in [0.717, 1.165) is 22.6 Å². The van der Waals surface area contributed by atoms with E-state index in [-0.39, 0.29) is 31.3 Å². The number of carbonyl (C=O) groups excluding carboxylic acids is 2. The van der Waals surface area contributed by atoms with Crippen LogP contribution in [0.25, 0.3) is 0 Å². The van der Waals surface area contributed by atoms with Crippen molar-refractivity contribution >= 4 is 59.2 Å². The zero-order valence-corrected chi connectivity index (χ0v) is 20.6. The lowest BCUT2D eigenvalue weighted by atomic mass is 9.90. The van der Waals surface area contributed by atoms with E-state index >= 15 is 0 Å². The first kappa shape index (κ1) is 29.3. The van der Waals surface area contributed by atoms with Crippen LogP contribution in [-0.2, 0) is 27.2 Å². The molecule has 0 aliphatic rings. The Labute approximate surface area is 199 Å². The summed E-state index contributed by atoms with van der Waals surface area (Å²) in [5.74, 6) is 6.42. The molecule has 0 spiro atoms. The fourth-order valence-electron chi connectivity index (χ4n) is 3.11. The zero-order valence-electron chi connectivity index (χ0n) is 17.4. The molecule has 0 saturated heterocycles. The molecule has 10 heteroatoms. The Morgan fingerprint density at radius 1 is 1.23 bits per heavy atom. The molecule has 0 aliphatic carbocycles. The van der Waals surface area contributed by atoms with Crippen molar-refractivity contribution in [2.24, 2.45) is 11.6 Å². The number of esters is 1. The quantitative estimate of drug-likeness (QED) is 0.142. The van der Waals surface area contributed by atoms with Crippen molar-refractivity contribution in [3.8, 4) is 0 Å². The lowest BCUT2D eigenvalue weighted by Gasteiger charge is -2.39. The summed E-state index contributed by atoms with van der Waals surface area (Å²) in [6.07, 6.45) is 3.47. The summed E-state index contributed by atoms with van der Waals surface area (Å²) in [7, 11) is 0. The molecule has 0 aromatic heterocycles. The Morgan fingerprint density at radius 3 is 2.47 bits per heavy atom. The van der Waals surface area contributed by atoms with Crippen molar-refractivity contribution in [2.45, 2.75) is 44.2 Å².